The summed E-state index contributed by atoms with van der Waals surface area (Å²) in [6.07, 6.45) is 5.71. The lowest BCUT2D eigenvalue weighted by Crippen LogP contribution is -2.04. The zero-order valence-corrected chi connectivity index (χ0v) is 7.85. The standard InChI is InChI=1S/C10H14O4/c11-6-2-1-3-8(12)7-9-4-5-10(13)14-9/h4-5,7-8,11-12H,1-3,6H2/b9-7-. The van der Waals surface area contributed by atoms with Gasteiger partial charge >= 0.3 is 5.97 Å². The minimum atomic E-state index is -0.618. The fourth-order valence-corrected chi connectivity index (χ4v) is 1.16. The molecule has 0 fully saturated rings. The van der Waals surface area contributed by atoms with E-state index in [9.17, 15) is 9.90 Å². The number of allylic oxidation sites excluding steroid dienone is 1. The number of carbonyl (C=O) groups excluding carboxylic acids is 1. The molecule has 2 N–H and O–H groups in total. The van der Waals surface area contributed by atoms with Crippen LogP contribution in [0.15, 0.2) is 24.0 Å². The van der Waals surface area contributed by atoms with Gasteiger partial charge in [-0.1, -0.05) is 0 Å². The number of aliphatic hydroxyl groups is 2. The van der Waals surface area contributed by atoms with Crippen LogP contribution in [0.5, 0.6) is 0 Å². The van der Waals surface area contributed by atoms with Crippen LogP contribution in [-0.2, 0) is 9.53 Å². The van der Waals surface area contributed by atoms with Gasteiger partial charge in [-0.05, 0) is 31.4 Å². The molecule has 0 bridgehead atoms. The van der Waals surface area contributed by atoms with Crippen molar-refractivity contribution in [1.82, 2.24) is 0 Å². The van der Waals surface area contributed by atoms with E-state index in [0.717, 1.165) is 6.42 Å². The molecule has 0 aromatic rings. The van der Waals surface area contributed by atoms with Crippen molar-refractivity contribution >= 4 is 5.97 Å². The number of esters is 1. The van der Waals surface area contributed by atoms with Crippen LogP contribution in [0.3, 0.4) is 0 Å². The average Bonchev–Trinajstić information content (AvgIpc) is 2.52. The fraction of sp³-hybridized carbons (Fsp3) is 0.500. The fourth-order valence-electron chi connectivity index (χ4n) is 1.16. The van der Waals surface area contributed by atoms with E-state index in [1.807, 2.05) is 0 Å². The monoisotopic (exact) mass is 198 g/mol. The molecule has 1 atom stereocenters. The van der Waals surface area contributed by atoms with Gasteiger partial charge in [0.2, 0.25) is 0 Å². The Balaban J connectivity index is 2.29. The normalized spacial score (nSPS) is 20.1. The van der Waals surface area contributed by atoms with Crippen molar-refractivity contribution in [2.75, 3.05) is 6.61 Å². The molecule has 0 spiro atoms. The van der Waals surface area contributed by atoms with Crippen molar-refractivity contribution in [1.29, 1.82) is 0 Å². The largest absolute Gasteiger partial charge is 0.424 e. The zero-order chi connectivity index (χ0) is 10.4. The molecule has 4 heteroatoms. The summed E-state index contributed by atoms with van der Waals surface area (Å²) in [6, 6.07) is 0. The van der Waals surface area contributed by atoms with E-state index in [4.69, 9.17) is 9.84 Å². The van der Waals surface area contributed by atoms with Crippen molar-refractivity contribution in [3.63, 3.8) is 0 Å². The maximum atomic E-state index is 10.6. The lowest BCUT2D eigenvalue weighted by Gasteiger charge is -2.05. The van der Waals surface area contributed by atoms with Gasteiger partial charge in [0.25, 0.3) is 0 Å². The highest BCUT2D eigenvalue weighted by Gasteiger charge is 2.11. The number of hydrogen-bond acceptors (Lipinski definition) is 4. The molecule has 0 aromatic heterocycles. The number of ether oxygens (including phenoxy) is 1. The summed E-state index contributed by atoms with van der Waals surface area (Å²) in [6.45, 7) is 0.137. The maximum absolute atomic E-state index is 10.6. The Morgan fingerprint density at radius 2 is 2.21 bits per heavy atom. The van der Waals surface area contributed by atoms with E-state index in [1.165, 1.54) is 18.2 Å². The van der Waals surface area contributed by atoms with Gasteiger partial charge in [0, 0.05) is 12.7 Å². The van der Waals surface area contributed by atoms with Gasteiger partial charge in [-0.25, -0.2) is 4.79 Å². The first-order valence-corrected chi connectivity index (χ1v) is 4.63. The van der Waals surface area contributed by atoms with Crippen LogP contribution in [0.25, 0.3) is 0 Å². The van der Waals surface area contributed by atoms with Crippen LogP contribution in [0, 0.1) is 0 Å². The van der Waals surface area contributed by atoms with Gasteiger partial charge in [-0.2, -0.15) is 0 Å². The number of rotatable bonds is 5. The van der Waals surface area contributed by atoms with Crippen molar-refractivity contribution < 1.29 is 19.7 Å². The molecule has 0 radical (unpaired) electrons. The molecule has 0 saturated carbocycles. The van der Waals surface area contributed by atoms with Crippen LogP contribution in [0.1, 0.15) is 19.3 Å². The van der Waals surface area contributed by atoms with Crippen molar-refractivity contribution in [3.05, 3.63) is 24.0 Å². The van der Waals surface area contributed by atoms with Crippen LogP contribution in [0.2, 0.25) is 0 Å². The number of hydrogen-bond donors (Lipinski definition) is 2. The number of aliphatic hydroxyl groups excluding tert-OH is 2. The summed E-state index contributed by atoms with van der Waals surface area (Å²) < 4.78 is 4.74. The third-order valence-electron chi connectivity index (χ3n) is 1.87. The summed E-state index contributed by atoms with van der Waals surface area (Å²) in [7, 11) is 0. The molecule has 4 nitrogen and oxygen atoms in total. The molecule has 0 amide bonds. The van der Waals surface area contributed by atoms with Crippen LogP contribution in [-0.4, -0.2) is 28.9 Å². The molecule has 1 aliphatic rings. The van der Waals surface area contributed by atoms with Crippen molar-refractivity contribution in [2.45, 2.75) is 25.4 Å². The SMILES string of the molecule is O=C1C=C/C(=C/C(O)CCCCO)O1. The first-order chi connectivity index (χ1) is 6.72. The summed E-state index contributed by atoms with van der Waals surface area (Å²) in [5, 5.41) is 18.0. The third kappa shape index (κ3) is 3.72. The Morgan fingerprint density at radius 1 is 1.43 bits per heavy atom. The van der Waals surface area contributed by atoms with Gasteiger partial charge in [-0.15, -0.1) is 0 Å². The second-order valence-electron chi connectivity index (χ2n) is 3.11. The average molecular weight is 198 g/mol. The van der Waals surface area contributed by atoms with E-state index in [2.05, 4.69) is 0 Å². The van der Waals surface area contributed by atoms with Gasteiger partial charge in [-0.3, -0.25) is 0 Å². The molecular weight excluding hydrogens is 184 g/mol. The summed E-state index contributed by atoms with van der Waals surface area (Å²) in [5.74, 6) is -0.00898. The predicted molar refractivity (Wildman–Crippen MR) is 50.3 cm³/mol. The van der Waals surface area contributed by atoms with Crippen LogP contribution < -0.4 is 0 Å². The third-order valence-corrected chi connectivity index (χ3v) is 1.87. The van der Waals surface area contributed by atoms with E-state index in [-0.39, 0.29) is 6.61 Å². The molecule has 0 aliphatic carbocycles. The Bertz CT molecular complexity index is 255. The Hall–Kier alpha value is -1.13. The van der Waals surface area contributed by atoms with Crippen LogP contribution >= 0.6 is 0 Å². The molecule has 78 valence electrons. The first-order valence-electron chi connectivity index (χ1n) is 4.63. The molecule has 1 heterocycles. The zero-order valence-electron chi connectivity index (χ0n) is 7.85. The highest BCUT2D eigenvalue weighted by Crippen LogP contribution is 2.12. The molecular formula is C10H14O4. The highest BCUT2D eigenvalue weighted by molar-refractivity contribution is 5.86. The number of carbonyl (C=O) groups is 1. The minimum absolute atomic E-state index is 0.137. The number of cyclic esters (lactones) is 1. The Morgan fingerprint density at radius 3 is 2.79 bits per heavy atom. The predicted octanol–water partition coefficient (Wildman–Crippen LogP) is 0.507. The summed E-state index contributed by atoms with van der Waals surface area (Å²) in [4.78, 5) is 10.6. The van der Waals surface area contributed by atoms with Gasteiger partial charge in [0.15, 0.2) is 0 Å². The molecule has 14 heavy (non-hydrogen) atoms. The topological polar surface area (TPSA) is 66.8 Å². The van der Waals surface area contributed by atoms with E-state index >= 15 is 0 Å². The van der Waals surface area contributed by atoms with Gasteiger partial charge in [0.05, 0.1) is 6.10 Å². The summed E-state index contributed by atoms with van der Waals surface area (Å²) >= 11 is 0. The Kier molecular flexibility index (Phi) is 4.35. The summed E-state index contributed by atoms with van der Waals surface area (Å²) in [5.41, 5.74) is 0. The first kappa shape index (κ1) is 10.9. The number of unbranched alkanes of at least 4 members (excludes halogenated alkanes) is 1. The second-order valence-corrected chi connectivity index (χ2v) is 3.11. The quantitative estimate of drug-likeness (QED) is 0.499. The lowest BCUT2D eigenvalue weighted by molar-refractivity contribution is -0.132. The van der Waals surface area contributed by atoms with Gasteiger partial charge in [0.1, 0.15) is 5.76 Å². The van der Waals surface area contributed by atoms with E-state index < -0.39 is 12.1 Å². The van der Waals surface area contributed by atoms with Crippen molar-refractivity contribution in [2.24, 2.45) is 0 Å². The minimum Gasteiger partial charge on any atom is -0.424 e. The highest BCUT2D eigenvalue weighted by atomic mass is 16.5. The molecule has 0 saturated heterocycles. The van der Waals surface area contributed by atoms with Crippen molar-refractivity contribution in [3.8, 4) is 0 Å². The second kappa shape index (κ2) is 5.57. The molecule has 1 aliphatic heterocycles. The smallest absolute Gasteiger partial charge is 0.336 e. The Labute approximate surface area is 82.5 Å². The molecule has 1 unspecified atom stereocenters. The van der Waals surface area contributed by atoms with Crippen LogP contribution in [0.4, 0.5) is 0 Å². The maximum Gasteiger partial charge on any atom is 0.336 e. The lowest BCUT2D eigenvalue weighted by atomic mass is 10.1. The molecule has 0 aromatic carbocycles. The molecule has 1 rings (SSSR count). The van der Waals surface area contributed by atoms with E-state index in [1.54, 1.807) is 0 Å². The van der Waals surface area contributed by atoms with Gasteiger partial charge < -0.3 is 14.9 Å². The van der Waals surface area contributed by atoms with E-state index in [0.29, 0.717) is 18.6 Å².